The molecule has 1 aliphatic heterocycles. The van der Waals surface area contributed by atoms with Crippen molar-refractivity contribution in [3.05, 3.63) is 0 Å². The van der Waals surface area contributed by atoms with Gasteiger partial charge in [-0.05, 0) is 45.4 Å². The van der Waals surface area contributed by atoms with Gasteiger partial charge in [0.1, 0.15) is 6.61 Å². The zero-order valence-electron chi connectivity index (χ0n) is 13.5. The van der Waals surface area contributed by atoms with Gasteiger partial charge in [0.15, 0.2) is 0 Å². The third kappa shape index (κ3) is 6.05. The zero-order chi connectivity index (χ0) is 16.2. The Hall–Kier alpha value is -0.330. The van der Waals surface area contributed by atoms with E-state index in [0.29, 0.717) is 6.04 Å². The van der Waals surface area contributed by atoms with E-state index in [1.165, 1.54) is 0 Å². The van der Waals surface area contributed by atoms with E-state index in [9.17, 15) is 13.2 Å². The predicted molar refractivity (Wildman–Crippen MR) is 78.8 cm³/mol. The first-order chi connectivity index (χ1) is 10.3. The minimum atomic E-state index is -4.24. The van der Waals surface area contributed by atoms with Crippen molar-refractivity contribution in [3.63, 3.8) is 0 Å². The second kappa shape index (κ2) is 7.97. The maximum absolute atomic E-state index is 12.3. The van der Waals surface area contributed by atoms with E-state index in [1.807, 2.05) is 0 Å². The molecule has 2 rings (SSSR count). The van der Waals surface area contributed by atoms with Gasteiger partial charge < -0.3 is 14.8 Å². The lowest BCUT2D eigenvalue weighted by atomic mass is 9.86. The summed E-state index contributed by atoms with van der Waals surface area (Å²) in [6.07, 6.45) is 1.64. The van der Waals surface area contributed by atoms with Gasteiger partial charge in [0.2, 0.25) is 0 Å². The van der Waals surface area contributed by atoms with Crippen molar-refractivity contribution in [3.8, 4) is 0 Å². The molecular weight excluding hydrogens is 295 g/mol. The summed E-state index contributed by atoms with van der Waals surface area (Å²) in [4.78, 5) is 0. The Kier molecular flexibility index (Phi) is 6.53. The van der Waals surface area contributed by atoms with Crippen molar-refractivity contribution in [2.24, 2.45) is 5.92 Å². The molecule has 0 unspecified atom stereocenters. The van der Waals surface area contributed by atoms with Crippen LogP contribution in [0, 0.1) is 5.92 Å². The minimum absolute atomic E-state index is 0.185. The third-order valence-electron chi connectivity index (χ3n) is 4.67. The van der Waals surface area contributed by atoms with Gasteiger partial charge in [0.05, 0.1) is 18.3 Å². The van der Waals surface area contributed by atoms with Crippen LogP contribution in [0.4, 0.5) is 13.2 Å². The summed E-state index contributed by atoms with van der Waals surface area (Å²) in [5.74, 6) is 0.185. The number of alkyl halides is 3. The molecular formula is C16H28F3NO2. The molecule has 4 atom stereocenters. The zero-order valence-corrected chi connectivity index (χ0v) is 13.5. The topological polar surface area (TPSA) is 30.5 Å². The Labute approximate surface area is 130 Å². The van der Waals surface area contributed by atoms with Gasteiger partial charge in [-0.3, -0.25) is 0 Å². The maximum atomic E-state index is 12.3. The van der Waals surface area contributed by atoms with E-state index in [2.05, 4.69) is 19.2 Å². The van der Waals surface area contributed by atoms with Crippen molar-refractivity contribution in [1.82, 2.24) is 5.32 Å². The quantitative estimate of drug-likeness (QED) is 0.837. The number of rotatable bonds is 5. The monoisotopic (exact) mass is 323 g/mol. The van der Waals surface area contributed by atoms with Crippen LogP contribution in [0.2, 0.25) is 0 Å². The average Bonchev–Trinajstić information content (AvgIpc) is 2.42. The molecule has 3 nitrogen and oxygen atoms in total. The van der Waals surface area contributed by atoms with Gasteiger partial charge in [-0.1, -0.05) is 12.8 Å². The lowest BCUT2D eigenvalue weighted by Gasteiger charge is -2.36. The second-order valence-electron chi connectivity index (χ2n) is 6.84. The highest BCUT2D eigenvalue weighted by Crippen LogP contribution is 2.29. The summed E-state index contributed by atoms with van der Waals surface area (Å²) in [6.45, 7) is 3.76. The van der Waals surface area contributed by atoms with Crippen molar-refractivity contribution in [1.29, 1.82) is 0 Å². The number of hydrogen-bond acceptors (Lipinski definition) is 3. The number of halogens is 3. The molecule has 1 aliphatic carbocycles. The molecule has 1 N–H and O–H groups in total. The van der Waals surface area contributed by atoms with Crippen LogP contribution in [-0.4, -0.2) is 43.7 Å². The summed E-state index contributed by atoms with van der Waals surface area (Å²) in [5.41, 5.74) is 0. The van der Waals surface area contributed by atoms with Gasteiger partial charge in [-0.2, -0.15) is 13.2 Å². The highest BCUT2D eigenvalue weighted by Gasteiger charge is 2.33. The number of hydrogen-bond donors (Lipinski definition) is 1. The molecule has 1 saturated heterocycles. The molecule has 0 amide bonds. The summed E-state index contributed by atoms with van der Waals surface area (Å²) in [6, 6.07) is 0.393. The first kappa shape index (κ1) is 18.0. The van der Waals surface area contributed by atoms with Crippen LogP contribution in [-0.2, 0) is 9.47 Å². The SMILES string of the molecule is C[C@@H]1CC(NC[C@@H]2CCCC[C@@H]2OCC(F)(F)F)C[C@@H](C)O1. The van der Waals surface area contributed by atoms with E-state index in [-0.39, 0.29) is 24.2 Å². The molecule has 0 aromatic carbocycles. The Balaban J connectivity index is 1.78. The fraction of sp³-hybridized carbons (Fsp3) is 1.00. The van der Waals surface area contributed by atoms with Crippen molar-refractivity contribution >= 4 is 0 Å². The van der Waals surface area contributed by atoms with Crippen LogP contribution < -0.4 is 5.32 Å². The van der Waals surface area contributed by atoms with Crippen molar-refractivity contribution < 1.29 is 22.6 Å². The summed E-state index contributed by atoms with van der Waals surface area (Å²) < 4.78 is 47.9. The number of nitrogens with one attached hydrogen (secondary N) is 1. The van der Waals surface area contributed by atoms with Crippen LogP contribution in [0.1, 0.15) is 52.4 Å². The average molecular weight is 323 g/mol. The lowest BCUT2D eigenvalue weighted by Crippen LogP contribution is -2.45. The van der Waals surface area contributed by atoms with Gasteiger partial charge in [-0.15, -0.1) is 0 Å². The Morgan fingerprint density at radius 2 is 1.73 bits per heavy atom. The highest BCUT2D eigenvalue weighted by molar-refractivity contribution is 4.83. The first-order valence-corrected chi connectivity index (χ1v) is 8.40. The van der Waals surface area contributed by atoms with Crippen LogP contribution in [0.15, 0.2) is 0 Å². The van der Waals surface area contributed by atoms with Crippen molar-refractivity contribution in [2.45, 2.75) is 82.9 Å². The molecule has 2 aliphatic rings. The molecule has 1 heterocycles. The normalized spacial score (nSPS) is 37.2. The predicted octanol–water partition coefficient (Wildman–Crippen LogP) is 3.67. The minimum Gasteiger partial charge on any atom is -0.375 e. The van der Waals surface area contributed by atoms with Gasteiger partial charge in [0.25, 0.3) is 0 Å². The molecule has 6 heteroatoms. The van der Waals surface area contributed by atoms with Gasteiger partial charge in [-0.25, -0.2) is 0 Å². The maximum Gasteiger partial charge on any atom is 0.411 e. The molecule has 0 bridgehead atoms. The molecule has 0 radical (unpaired) electrons. The summed E-state index contributed by atoms with van der Waals surface area (Å²) in [7, 11) is 0. The fourth-order valence-electron chi connectivity index (χ4n) is 3.72. The Morgan fingerprint density at radius 3 is 2.36 bits per heavy atom. The molecule has 0 spiro atoms. The van der Waals surface area contributed by atoms with Crippen molar-refractivity contribution in [2.75, 3.05) is 13.2 Å². The van der Waals surface area contributed by atoms with Gasteiger partial charge in [0, 0.05) is 12.6 Å². The molecule has 22 heavy (non-hydrogen) atoms. The Bertz CT molecular complexity index is 328. The largest absolute Gasteiger partial charge is 0.411 e. The summed E-state index contributed by atoms with van der Waals surface area (Å²) in [5, 5.41) is 3.54. The first-order valence-electron chi connectivity index (χ1n) is 8.40. The van der Waals surface area contributed by atoms with E-state index in [0.717, 1.165) is 45.1 Å². The molecule has 130 valence electrons. The molecule has 1 saturated carbocycles. The highest BCUT2D eigenvalue weighted by atomic mass is 19.4. The third-order valence-corrected chi connectivity index (χ3v) is 4.67. The second-order valence-corrected chi connectivity index (χ2v) is 6.84. The summed E-state index contributed by atoms with van der Waals surface area (Å²) >= 11 is 0. The van der Waals surface area contributed by atoms with Crippen LogP contribution >= 0.6 is 0 Å². The molecule has 2 fully saturated rings. The number of ether oxygens (including phenoxy) is 2. The van der Waals surface area contributed by atoms with E-state index in [1.54, 1.807) is 0 Å². The fourth-order valence-corrected chi connectivity index (χ4v) is 3.72. The van der Waals surface area contributed by atoms with Crippen LogP contribution in [0.5, 0.6) is 0 Å². The Morgan fingerprint density at radius 1 is 1.09 bits per heavy atom. The smallest absolute Gasteiger partial charge is 0.375 e. The van der Waals surface area contributed by atoms with Crippen LogP contribution in [0.25, 0.3) is 0 Å². The van der Waals surface area contributed by atoms with E-state index < -0.39 is 12.8 Å². The van der Waals surface area contributed by atoms with Gasteiger partial charge >= 0.3 is 6.18 Å². The molecule has 0 aromatic rings. The van der Waals surface area contributed by atoms with E-state index >= 15 is 0 Å². The van der Waals surface area contributed by atoms with Crippen LogP contribution in [0.3, 0.4) is 0 Å². The lowest BCUT2D eigenvalue weighted by molar-refractivity contribution is -0.193. The molecule has 0 aromatic heterocycles. The standard InChI is InChI=1S/C16H28F3NO2/c1-11-7-14(8-12(2)22-11)20-9-13-5-3-4-6-15(13)21-10-16(17,18)19/h11-15,20H,3-10H2,1-2H3/t11-,12-,13+,15+/m1/s1. The van der Waals surface area contributed by atoms with E-state index in [4.69, 9.17) is 9.47 Å².